The van der Waals surface area contributed by atoms with Crippen molar-refractivity contribution in [2.45, 2.75) is 66.7 Å². The van der Waals surface area contributed by atoms with Gasteiger partial charge in [-0.05, 0) is 51.3 Å². The summed E-state index contributed by atoms with van der Waals surface area (Å²) in [5, 5.41) is 0. The van der Waals surface area contributed by atoms with Crippen LogP contribution in [0.1, 0.15) is 66.7 Å². The Labute approximate surface area is 114 Å². The van der Waals surface area contributed by atoms with Gasteiger partial charge in [0.1, 0.15) is 5.76 Å². The van der Waals surface area contributed by atoms with Crippen molar-refractivity contribution in [1.29, 1.82) is 0 Å². The molecule has 0 heterocycles. The third-order valence-electron chi connectivity index (χ3n) is 3.37. The Bertz CT molecular complexity index is 304. The number of hydrogen-bond donors (Lipinski definition) is 0. The number of allylic oxidation sites excluding steroid dienone is 4. The van der Waals surface area contributed by atoms with Gasteiger partial charge in [-0.2, -0.15) is 0 Å². The van der Waals surface area contributed by atoms with Crippen LogP contribution in [0.5, 0.6) is 0 Å². The van der Waals surface area contributed by atoms with E-state index < -0.39 is 0 Å². The molecule has 0 aliphatic heterocycles. The Morgan fingerprint density at radius 3 is 2.06 bits per heavy atom. The predicted octanol–water partition coefficient (Wildman–Crippen LogP) is 5.79. The van der Waals surface area contributed by atoms with Gasteiger partial charge in [0, 0.05) is 0 Å². The number of ether oxygens (including phenoxy) is 1. The van der Waals surface area contributed by atoms with E-state index in [0.29, 0.717) is 0 Å². The van der Waals surface area contributed by atoms with E-state index in [1.807, 2.05) is 6.08 Å². The fourth-order valence-corrected chi connectivity index (χ4v) is 1.77. The second-order valence-corrected chi connectivity index (χ2v) is 5.08. The molecule has 0 aromatic heterocycles. The van der Waals surface area contributed by atoms with Crippen LogP contribution in [-0.2, 0) is 4.74 Å². The number of unbranched alkanes of at least 4 members (excludes halogenated alkanes) is 4. The van der Waals surface area contributed by atoms with E-state index in [9.17, 15) is 0 Å². The highest BCUT2D eigenvalue weighted by Gasteiger charge is 2.03. The van der Waals surface area contributed by atoms with Crippen LogP contribution in [0.2, 0.25) is 0 Å². The lowest BCUT2D eigenvalue weighted by Crippen LogP contribution is -1.98. The quantitative estimate of drug-likeness (QED) is 0.286. The summed E-state index contributed by atoms with van der Waals surface area (Å²) in [7, 11) is 0. The van der Waals surface area contributed by atoms with Crippen LogP contribution >= 0.6 is 0 Å². The second kappa shape index (κ2) is 9.99. The SMILES string of the molecule is C=C/C(OCCCCCCC)=C(/C)C(C)=C(C)C. The molecular weight excluding hydrogens is 220 g/mol. The zero-order valence-corrected chi connectivity index (χ0v) is 12.9. The molecule has 0 N–H and O–H groups in total. The zero-order chi connectivity index (χ0) is 14.0. The molecule has 0 rings (SSSR count). The van der Waals surface area contributed by atoms with Crippen molar-refractivity contribution in [3.8, 4) is 0 Å². The molecule has 0 amide bonds. The Kier molecular flexibility index (Phi) is 9.45. The van der Waals surface area contributed by atoms with Gasteiger partial charge >= 0.3 is 0 Å². The van der Waals surface area contributed by atoms with Crippen LogP contribution in [-0.4, -0.2) is 6.61 Å². The zero-order valence-electron chi connectivity index (χ0n) is 12.9. The van der Waals surface area contributed by atoms with E-state index in [1.165, 1.54) is 42.4 Å². The van der Waals surface area contributed by atoms with Crippen molar-refractivity contribution in [2.24, 2.45) is 0 Å². The first-order valence-electron chi connectivity index (χ1n) is 7.15. The minimum Gasteiger partial charge on any atom is -0.493 e. The van der Waals surface area contributed by atoms with Crippen LogP contribution in [0, 0.1) is 0 Å². The van der Waals surface area contributed by atoms with Crippen LogP contribution in [0.25, 0.3) is 0 Å². The highest BCUT2D eigenvalue weighted by Crippen LogP contribution is 2.19. The van der Waals surface area contributed by atoms with E-state index in [2.05, 4.69) is 41.2 Å². The molecular formula is C17H30O. The molecule has 0 bridgehead atoms. The molecule has 0 radical (unpaired) electrons. The maximum atomic E-state index is 5.83. The van der Waals surface area contributed by atoms with Gasteiger partial charge in [0.2, 0.25) is 0 Å². The van der Waals surface area contributed by atoms with E-state index in [4.69, 9.17) is 4.74 Å². The molecule has 0 spiro atoms. The maximum absolute atomic E-state index is 5.83. The summed E-state index contributed by atoms with van der Waals surface area (Å²) in [6.45, 7) is 15.4. The Morgan fingerprint density at radius 2 is 1.56 bits per heavy atom. The first-order valence-corrected chi connectivity index (χ1v) is 7.15. The molecule has 0 saturated heterocycles. The minimum absolute atomic E-state index is 0.804. The fourth-order valence-electron chi connectivity index (χ4n) is 1.77. The summed E-state index contributed by atoms with van der Waals surface area (Å²) >= 11 is 0. The van der Waals surface area contributed by atoms with Crippen molar-refractivity contribution in [3.05, 3.63) is 35.1 Å². The summed E-state index contributed by atoms with van der Waals surface area (Å²) in [5.74, 6) is 0.934. The van der Waals surface area contributed by atoms with E-state index in [0.717, 1.165) is 18.8 Å². The Morgan fingerprint density at radius 1 is 0.944 bits per heavy atom. The van der Waals surface area contributed by atoms with Crippen LogP contribution in [0.4, 0.5) is 0 Å². The highest BCUT2D eigenvalue weighted by molar-refractivity contribution is 5.36. The molecule has 0 aromatic rings. The molecule has 0 fully saturated rings. The summed E-state index contributed by atoms with van der Waals surface area (Å²) < 4.78 is 5.83. The van der Waals surface area contributed by atoms with Gasteiger partial charge in [-0.25, -0.2) is 0 Å². The highest BCUT2D eigenvalue weighted by atomic mass is 16.5. The molecule has 1 heteroatoms. The van der Waals surface area contributed by atoms with E-state index in [-0.39, 0.29) is 0 Å². The first-order chi connectivity index (χ1) is 8.54. The third kappa shape index (κ3) is 6.68. The molecule has 0 aliphatic carbocycles. The van der Waals surface area contributed by atoms with E-state index >= 15 is 0 Å². The first kappa shape index (κ1) is 17.0. The smallest absolute Gasteiger partial charge is 0.121 e. The average molecular weight is 250 g/mol. The average Bonchev–Trinajstić information content (AvgIpc) is 2.36. The van der Waals surface area contributed by atoms with Gasteiger partial charge < -0.3 is 4.74 Å². The third-order valence-corrected chi connectivity index (χ3v) is 3.37. The summed E-state index contributed by atoms with van der Waals surface area (Å²) in [4.78, 5) is 0. The lowest BCUT2D eigenvalue weighted by molar-refractivity contribution is 0.214. The second-order valence-electron chi connectivity index (χ2n) is 5.08. The summed E-state index contributed by atoms with van der Waals surface area (Å²) in [6.07, 6.45) is 8.17. The van der Waals surface area contributed by atoms with Gasteiger partial charge in [0.15, 0.2) is 0 Å². The molecule has 0 unspecified atom stereocenters. The van der Waals surface area contributed by atoms with Crippen LogP contribution in [0.3, 0.4) is 0 Å². The van der Waals surface area contributed by atoms with Gasteiger partial charge in [0.25, 0.3) is 0 Å². The molecule has 1 nitrogen and oxygen atoms in total. The topological polar surface area (TPSA) is 9.23 Å². The molecule has 0 aliphatic rings. The maximum Gasteiger partial charge on any atom is 0.121 e. The Hall–Kier alpha value is -0.980. The van der Waals surface area contributed by atoms with Gasteiger partial charge in [-0.3, -0.25) is 0 Å². The number of hydrogen-bond acceptors (Lipinski definition) is 1. The van der Waals surface area contributed by atoms with Crippen molar-refractivity contribution < 1.29 is 4.74 Å². The summed E-state index contributed by atoms with van der Waals surface area (Å²) in [6, 6.07) is 0. The lowest BCUT2D eigenvalue weighted by Gasteiger charge is -2.12. The van der Waals surface area contributed by atoms with Crippen molar-refractivity contribution in [2.75, 3.05) is 6.61 Å². The molecule has 104 valence electrons. The number of rotatable bonds is 9. The largest absolute Gasteiger partial charge is 0.493 e. The van der Waals surface area contributed by atoms with Crippen LogP contribution in [0.15, 0.2) is 35.1 Å². The van der Waals surface area contributed by atoms with E-state index in [1.54, 1.807) is 0 Å². The lowest BCUT2D eigenvalue weighted by atomic mass is 10.0. The normalized spacial score (nSPS) is 11.8. The van der Waals surface area contributed by atoms with Gasteiger partial charge in [-0.1, -0.05) is 44.8 Å². The van der Waals surface area contributed by atoms with Gasteiger partial charge in [0.05, 0.1) is 6.61 Å². The van der Waals surface area contributed by atoms with Crippen molar-refractivity contribution in [3.63, 3.8) is 0 Å². The van der Waals surface area contributed by atoms with Crippen molar-refractivity contribution >= 4 is 0 Å². The van der Waals surface area contributed by atoms with Crippen LogP contribution < -0.4 is 0 Å². The minimum atomic E-state index is 0.804. The van der Waals surface area contributed by atoms with Gasteiger partial charge in [-0.15, -0.1) is 0 Å². The molecule has 0 aromatic carbocycles. The Balaban J connectivity index is 4.23. The standard InChI is InChI=1S/C17H30O/c1-7-9-10-11-12-13-18-17(8-2)16(6)15(5)14(3)4/h8H,2,7,9-13H2,1,3-6H3/b17-16+. The van der Waals surface area contributed by atoms with Crippen molar-refractivity contribution in [1.82, 2.24) is 0 Å². The molecule has 0 saturated carbocycles. The molecule has 18 heavy (non-hydrogen) atoms. The fraction of sp³-hybridized carbons (Fsp3) is 0.647. The summed E-state index contributed by atoms with van der Waals surface area (Å²) in [5.41, 5.74) is 3.84. The molecule has 0 atom stereocenters. The monoisotopic (exact) mass is 250 g/mol. The predicted molar refractivity (Wildman–Crippen MR) is 81.7 cm³/mol.